The maximum absolute atomic E-state index is 12.3. The van der Waals surface area contributed by atoms with Crippen LogP contribution >= 0.6 is 0 Å². The molecule has 2 N–H and O–H groups in total. The van der Waals surface area contributed by atoms with E-state index in [9.17, 15) is 4.79 Å². The van der Waals surface area contributed by atoms with Gasteiger partial charge in [0.25, 0.3) is 5.91 Å². The molecule has 7 nitrogen and oxygen atoms in total. The van der Waals surface area contributed by atoms with Crippen LogP contribution in [0.3, 0.4) is 0 Å². The summed E-state index contributed by atoms with van der Waals surface area (Å²) in [4.78, 5) is 24.6. The third-order valence-electron chi connectivity index (χ3n) is 3.36. The molecule has 0 aliphatic heterocycles. The van der Waals surface area contributed by atoms with Gasteiger partial charge in [-0.1, -0.05) is 0 Å². The SMILES string of the molecule is N#Cc1ccc(NC(=O)c2ccnc(NCc3ccncc3)n2)cc1. The fourth-order valence-electron chi connectivity index (χ4n) is 2.08. The monoisotopic (exact) mass is 330 g/mol. The molecule has 2 heterocycles. The van der Waals surface area contributed by atoms with Crippen molar-refractivity contribution in [1.82, 2.24) is 15.0 Å². The largest absolute Gasteiger partial charge is 0.350 e. The standard InChI is InChI=1S/C18H14N6O/c19-11-13-1-3-15(4-2-13)23-17(25)16-7-10-21-18(24-16)22-12-14-5-8-20-9-6-14/h1-10H,12H2,(H,23,25)(H,21,22,24). The van der Waals surface area contributed by atoms with Crippen molar-refractivity contribution in [1.29, 1.82) is 5.26 Å². The molecular formula is C18H14N6O. The van der Waals surface area contributed by atoms with Crippen molar-refractivity contribution in [3.05, 3.63) is 77.9 Å². The highest BCUT2D eigenvalue weighted by Crippen LogP contribution is 2.11. The predicted molar refractivity (Wildman–Crippen MR) is 92.7 cm³/mol. The summed E-state index contributed by atoms with van der Waals surface area (Å²) in [5.74, 6) is 0.0170. The van der Waals surface area contributed by atoms with E-state index in [1.54, 1.807) is 36.7 Å². The first kappa shape index (κ1) is 16.1. The molecule has 25 heavy (non-hydrogen) atoms. The number of pyridine rings is 1. The second-order valence-corrected chi connectivity index (χ2v) is 5.12. The van der Waals surface area contributed by atoms with Crippen LogP contribution in [-0.4, -0.2) is 20.9 Å². The van der Waals surface area contributed by atoms with E-state index in [2.05, 4.69) is 25.6 Å². The molecular weight excluding hydrogens is 316 g/mol. The van der Waals surface area contributed by atoms with Gasteiger partial charge in [0.15, 0.2) is 0 Å². The average Bonchev–Trinajstić information content (AvgIpc) is 2.68. The number of carbonyl (C=O) groups is 1. The highest BCUT2D eigenvalue weighted by Gasteiger charge is 2.09. The molecule has 3 rings (SSSR count). The molecule has 0 saturated carbocycles. The zero-order valence-corrected chi connectivity index (χ0v) is 13.2. The van der Waals surface area contributed by atoms with E-state index in [0.29, 0.717) is 23.7 Å². The smallest absolute Gasteiger partial charge is 0.274 e. The number of hydrogen-bond donors (Lipinski definition) is 2. The van der Waals surface area contributed by atoms with Crippen molar-refractivity contribution in [2.45, 2.75) is 6.54 Å². The van der Waals surface area contributed by atoms with Crippen molar-refractivity contribution in [3.63, 3.8) is 0 Å². The molecule has 0 fully saturated rings. The number of nitrogens with one attached hydrogen (secondary N) is 2. The van der Waals surface area contributed by atoms with Crippen LogP contribution in [0.25, 0.3) is 0 Å². The lowest BCUT2D eigenvalue weighted by atomic mass is 10.2. The Morgan fingerprint density at radius 2 is 1.80 bits per heavy atom. The number of hydrogen-bond acceptors (Lipinski definition) is 6. The Labute approximate surface area is 144 Å². The number of benzene rings is 1. The zero-order valence-electron chi connectivity index (χ0n) is 13.2. The van der Waals surface area contributed by atoms with Gasteiger partial charge < -0.3 is 10.6 Å². The minimum atomic E-state index is -0.348. The Morgan fingerprint density at radius 3 is 2.52 bits per heavy atom. The second-order valence-electron chi connectivity index (χ2n) is 5.12. The van der Waals surface area contributed by atoms with Crippen molar-refractivity contribution in [2.75, 3.05) is 10.6 Å². The van der Waals surface area contributed by atoms with Gasteiger partial charge in [0.2, 0.25) is 5.95 Å². The van der Waals surface area contributed by atoms with Gasteiger partial charge in [0.1, 0.15) is 5.69 Å². The van der Waals surface area contributed by atoms with Crippen LogP contribution < -0.4 is 10.6 Å². The van der Waals surface area contributed by atoms with E-state index in [4.69, 9.17) is 5.26 Å². The van der Waals surface area contributed by atoms with E-state index < -0.39 is 0 Å². The van der Waals surface area contributed by atoms with Gasteiger partial charge in [-0.15, -0.1) is 0 Å². The topological polar surface area (TPSA) is 104 Å². The van der Waals surface area contributed by atoms with E-state index in [1.807, 2.05) is 18.2 Å². The fraction of sp³-hybridized carbons (Fsp3) is 0.0556. The Balaban J connectivity index is 1.65. The molecule has 122 valence electrons. The van der Waals surface area contributed by atoms with Crippen molar-refractivity contribution in [2.24, 2.45) is 0 Å². The Kier molecular flexibility index (Phi) is 4.93. The predicted octanol–water partition coefficient (Wildman–Crippen LogP) is 2.61. The third-order valence-corrected chi connectivity index (χ3v) is 3.36. The van der Waals surface area contributed by atoms with Crippen LogP contribution in [0, 0.1) is 11.3 Å². The van der Waals surface area contributed by atoms with E-state index >= 15 is 0 Å². The van der Waals surface area contributed by atoms with Gasteiger partial charge in [-0.3, -0.25) is 9.78 Å². The first-order valence-corrected chi connectivity index (χ1v) is 7.52. The summed E-state index contributed by atoms with van der Waals surface area (Å²) in [6.45, 7) is 0.531. The van der Waals surface area contributed by atoms with Gasteiger partial charge in [-0.2, -0.15) is 5.26 Å². The molecule has 0 aliphatic rings. The Morgan fingerprint density at radius 1 is 1.04 bits per heavy atom. The molecule has 0 aliphatic carbocycles. The lowest BCUT2D eigenvalue weighted by Crippen LogP contribution is -2.15. The summed E-state index contributed by atoms with van der Waals surface area (Å²) in [5, 5.41) is 14.6. The van der Waals surface area contributed by atoms with Gasteiger partial charge in [-0.25, -0.2) is 9.97 Å². The number of nitriles is 1. The molecule has 0 atom stereocenters. The van der Waals surface area contributed by atoms with Crippen molar-refractivity contribution in [3.8, 4) is 6.07 Å². The molecule has 2 aromatic heterocycles. The number of nitrogens with zero attached hydrogens (tertiary/aromatic N) is 4. The summed E-state index contributed by atoms with van der Waals surface area (Å²) < 4.78 is 0. The molecule has 0 unspecified atom stereocenters. The molecule has 0 saturated heterocycles. The maximum Gasteiger partial charge on any atom is 0.274 e. The molecule has 0 bridgehead atoms. The number of carbonyl (C=O) groups excluding carboxylic acids is 1. The minimum absolute atomic E-state index is 0.247. The van der Waals surface area contributed by atoms with Crippen LogP contribution in [0.4, 0.5) is 11.6 Å². The average molecular weight is 330 g/mol. The normalized spacial score (nSPS) is 9.88. The van der Waals surface area contributed by atoms with Crippen LogP contribution in [-0.2, 0) is 6.54 Å². The zero-order chi connectivity index (χ0) is 17.5. The Hall–Kier alpha value is -3.79. The van der Waals surface area contributed by atoms with Gasteiger partial charge >= 0.3 is 0 Å². The van der Waals surface area contributed by atoms with E-state index in [0.717, 1.165) is 5.56 Å². The summed E-state index contributed by atoms with van der Waals surface area (Å²) in [6.07, 6.45) is 4.94. The molecule has 7 heteroatoms. The van der Waals surface area contributed by atoms with Crippen LogP contribution in [0.5, 0.6) is 0 Å². The van der Waals surface area contributed by atoms with Gasteiger partial charge in [-0.05, 0) is 48.0 Å². The molecule has 0 radical (unpaired) electrons. The van der Waals surface area contributed by atoms with Crippen LogP contribution in [0.2, 0.25) is 0 Å². The quantitative estimate of drug-likeness (QED) is 0.745. The molecule has 0 spiro atoms. The first-order valence-electron chi connectivity index (χ1n) is 7.52. The lowest BCUT2D eigenvalue weighted by Gasteiger charge is -2.07. The minimum Gasteiger partial charge on any atom is -0.350 e. The summed E-state index contributed by atoms with van der Waals surface area (Å²) in [7, 11) is 0. The number of anilines is 2. The Bertz CT molecular complexity index is 903. The first-order chi connectivity index (χ1) is 12.2. The molecule has 1 amide bonds. The lowest BCUT2D eigenvalue weighted by molar-refractivity contribution is 0.102. The van der Waals surface area contributed by atoms with E-state index in [1.165, 1.54) is 12.3 Å². The van der Waals surface area contributed by atoms with Gasteiger partial charge in [0.05, 0.1) is 11.6 Å². The van der Waals surface area contributed by atoms with Crippen molar-refractivity contribution >= 4 is 17.5 Å². The van der Waals surface area contributed by atoms with E-state index in [-0.39, 0.29) is 11.6 Å². The highest BCUT2D eigenvalue weighted by atomic mass is 16.1. The van der Waals surface area contributed by atoms with Gasteiger partial charge in [0, 0.05) is 30.8 Å². The van der Waals surface area contributed by atoms with Crippen LogP contribution in [0.1, 0.15) is 21.6 Å². The van der Waals surface area contributed by atoms with Crippen LogP contribution in [0.15, 0.2) is 61.1 Å². The second kappa shape index (κ2) is 7.66. The highest BCUT2D eigenvalue weighted by molar-refractivity contribution is 6.02. The fourth-order valence-corrected chi connectivity index (χ4v) is 2.08. The number of aromatic nitrogens is 3. The molecule has 3 aromatic rings. The number of rotatable bonds is 5. The molecule has 1 aromatic carbocycles. The summed E-state index contributed by atoms with van der Waals surface area (Å²) in [5.41, 5.74) is 2.40. The number of amides is 1. The summed E-state index contributed by atoms with van der Waals surface area (Å²) >= 11 is 0. The summed E-state index contributed by atoms with van der Waals surface area (Å²) in [6, 6.07) is 13.9. The van der Waals surface area contributed by atoms with Crippen molar-refractivity contribution < 1.29 is 4.79 Å². The maximum atomic E-state index is 12.3. The third kappa shape index (κ3) is 4.36.